The summed E-state index contributed by atoms with van der Waals surface area (Å²) in [6.45, 7) is 7.53. The zero-order chi connectivity index (χ0) is 24.9. The van der Waals surface area contributed by atoms with Crippen molar-refractivity contribution >= 4 is 32.0 Å². The maximum atomic E-state index is 13.7. The van der Waals surface area contributed by atoms with Crippen LogP contribution in [0, 0.1) is 20.8 Å². The number of fused-ring (bicyclic) bond motifs is 2. The van der Waals surface area contributed by atoms with Crippen molar-refractivity contribution in [1.29, 1.82) is 0 Å². The van der Waals surface area contributed by atoms with E-state index in [0.29, 0.717) is 34.5 Å². The molecule has 0 radical (unpaired) electrons. The molecule has 182 valence electrons. The van der Waals surface area contributed by atoms with Gasteiger partial charge in [-0.15, -0.1) is 0 Å². The van der Waals surface area contributed by atoms with Crippen LogP contribution in [-0.2, 0) is 16.6 Å². The molecule has 0 fully saturated rings. The molecule has 5 rings (SSSR count). The molecule has 0 saturated heterocycles. The Morgan fingerprint density at radius 3 is 2.49 bits per heavy atom. The number of aromatic nitrogens is 4. The topological polar surface area (TPSA) is 122 Å². The van der Waals surface area contributed by atoms with Gasteiger partial charge in [-0.2, -0.15) is 3.97 Å². The summed E-state index contributed by atoms with van der Waals surface area (Å²) < 4.78 is 45.8. The fraction of sp³-hybridized carbons (Fsp3) is 0.292. The number of imidazole rings is 1. The van der Waals surface area contributed by atoms with Gasteiger partial charge in [0, 0.05) is 11.5 Å². The second-order valence-electron chi connectivity index (χ2n) is 8.39. The molecular weight excluding hydrogens is 472 g/mol. The van der Waals surface area contributed by atoms with Crippen LogP contribution in [0.3, 0.4) is 0 Å². The number of ether oxygens (including phenoxy) is 1. The van der Waals surface area contributed by atoms with E-state index >= 15 is 0 Å². The van der Waals surface area contributed by atoms with Gasteiger partial charge < -0.3 is 13.8 Å². The van der Waals surface area contributed by atoms with E-state index < -0.39 is 15.7 Å². The summed E-state index contributed by atoms with van der Waals surface area (Å²) in [7, 11) is -4.33. The lowest BCUT2D eigenvalue weighted by molar-refractivity contribution is 0.317. The molecule has 0 atom stereocenters. The van der Waals surface area contributed by atoms with Crippen LogP contribution in [0.5, 0.6) is 5.75 Å². The van der Waals surface area contributed by atoms with Gasteiger partial charge in [-0.25, -0.2) is 13.2 Å². The minimum absolute atomic E-state index is 0.104. The fourth-order valence-corrected chi connectivity index (χ4v) is 5.94. The first-order valence-electron chi connectivity index (χ1n) is 11.1. The third-order valence-corrected chi connectivity index (χ3v) is 7.77. The second-order valence-corrected chi connectivity index (χ2v) is 10.1. The zero-order valence-corrected chi connectivity index (χ0v) is 20.5. The maximum absolute atomic E-state index is 13.7. The minimum atomic E-state index is -4.33. The Morgan fingerprint density at radius 1 is 1.00 bits per heavy atom. The van der Waals surface area contributed by atoms with Crippen LogP contribution in [0.1, 0.15) is 36.1 Å². The van der Waals surface area contributed by atoms with Crippen molar-refractivity contribution in [3.63, 3.8) is 0 Å². The Balaban J connectivity index is 1.76. The molecule has 10 nitrogen and oxygen atoms in total. The van der Waals surface area contributed by atoms with E-state index in [1.165, 1.54) is 24.5 Å². The van der Waals surface area contributed by atoms with E-state index in [9.17, 15) is 13.2 Å². The molecule has 0 aliphatic carbocycles. The lowest BCUT2D eigenvalue weighted by atomic mass is 10.2. The normalized spacial score (nSPS) is 12.1. The van der Waals surface area contributed by atoms with Crippen molar-refractivity contribution in [1.82, 2.24) is 18.9 Å². The summed E-state index contributed by atoms with van der Waals surface area (Å²) in [6.07, 6.45) is 0.866. The molecule has 0 N–H and O–H groups in total. The second kappa shape index (κ2) is 8.42. The monoisotopic (exact) mass is 496 g/mol. The number of aryl methyl sites for hydroxylation is 3. The van der Waals surface area contributed by atoms with Gasteiger partial charge in [0.25, 0.3) is 10.0 Å². The third-order valence-electron chi connectivity index (χ3n) is 5.84. The Hall–Kier alpha value is -3.86. The summed E-state index contributed by atoms with van der Waals surface area (Å²) in [5, 5.41) is 8.44. The van der Waals surface area contributed by atoms with Crippen LogP contribution in [-0.4, -0.2) is 33.9 Å². The highest BCUT2D eigenvalue weighted by Gasteiger charge is 2.31. The lowest BCUT2D eigenvalue weighted by Gasteiger charge is -2.08. The van der Waals surface area contributed by atoms with E-state index in [2.05, 4.69) is 10.3 Å². The zero-order valence-electron chi connectivity index (χ0n) is 19.7. The lowest BCUT2D eigenvalue weighted by Crippen LogP contribution is -2.30. The first-order valence-corrected chi connectivity index (χ1v) is 12.6. The Bertz CT molecular complexity index is 1720. The molecule has 0 amide bonds. The predicted octanol–water partition coefficient (Wildman–Crippen LogP) is 3.93. The van der Waals surface area contributed by atoms with Gasteiger partial charge in [-0.3, -0.25) is 4.57 Å². The minimum Gasteiger partial charge on any atom is -0.494 e. The molecule has 35 heavy (non-hydrogen) atoms. The van der Waals surface area contributed by atoms with Crippen LogP contribution < -0.4 is 10.4 Å². The smallest absolute Gasteiger partial charge is 0.343 e. The summed E-state index contributed by atoms with van der Waals surface area (Å²) >= 11 is 0. The largest absolute Gasteiger partial charge is 0.494 e. The number of hydrogen-bond donors (Lipinski definition) is 0. The van der Waals surface area contributed by atoms with Crippen LogP contribution in [0.25, 0.3) is 22.0 Å². The first-order chi connectivity index (χ1) is 16.7. The fourth-order valence-electron chi connectivity index (χ4n) is 4.23. The molecule has 3 aromatic heterocycles. The van der Waals surface area contributed by atoms with Crippen molar-refractivity contribution < 1.29 is 22.2 Å². The highest BCUT2D eigenvalue weighted by atomic mass is 32.2. The van der Waals surface area contributed by atoms with Gasteiger partial charge in [0.1, 0.15) is 11.4 Å². The molecule has 2 aromatic carbocycles. The number of nitrogens with zero attached hydrogens (tertiary/aromatic N) is 4. The average Bonchev–Trinajstić information content (AvgIpc) is 3.45. The summed E-state index contributed by atoms with van der Waals surface area (Å²) in [5.74, 6) is 0.786. The number of hydrogen-bond acceptors (Lipinski definition) is 8. The van der Waals surface area contributed by atoms with Crippen LogP contribution in [0.4, 0.5) is 0 Å². The van der Waals surface area contributed by atoms with Gasteiger partial charge in [-0.05, 0) is 51.0 Å². The highest BCUT2D eigenvalue weighted by Crippen LogP contribution is 2.29. The molecule has 0 spiro atoms. The van der Waals surface area contributed by atoms with Crippen molar-refractivity contribution in [3.05, 3.63) is 69.6 Å². The molecular formula is C24H24N4O6S. The number of benzene rings is 2. The SMILES string of the molecule is CCCOc1cccc(Cn2c(=O)n(S(=O)(=O)c3c(C)noc3C)c3cc4onc(C)c4cc32)c1. The molecule has 11 heteroatoms. The average molecular weight is 497 g/mol. The molecule has 0 saturated carbocycles. The maximum Gasteiger partial charge on any atom is 0.343 e. The Labute approximate surface area is 200 Å². The van der Waals surface area contributed by atoms with E-state index in [4.69, 9.17) is 13.8 Å². The van der Waals surface area contributed by atoms with Crippen LogP contribution in [0.15, 0.2) is 55.1 Å². The van der Waals surface area contributed by atoms with Gasteiger partial charge in [-0.1, -0.05) is 29.4 Å². The van der Waals surface area contributed by atoms with Crippen LogP contribution in [0.2, 0.25) is 0 Å². The summed E-state index contributed by atoms with van der Waals surface area (Å²) in [6, 6.07) is 10.6. The molecule has 0 bridgehead atoms. The molecule has 5 aromatic rings. The molecule has 0 aliphatic heterocycles. The third kappa shape index (κ3) is 3.72. The molecule has 0 unspecified atom stereocenters. The first kappa shape index (κ1) is 22.9. The molecule has 3 heterocycles. The van der Waals surface area contributed by atoms with Crippen molar-refractivity contribution in [2.24, 2.45) is 0 Å². The van der Waals surface area contributed by atoms with Gasteiger partial charge in [0.15, 0.2) is 16.2 Å². The van der Waals surface area contributed by atoms with Gasteiger partial charge in [0.2, 0.25) is 0 Å². The van der Waals surface area contributed by atoms with Gasteiger partial charge in [0.05, 0.1) is 29.9 Å². The van der Waals surface area contributed by atoms with E-state index in [-0.39, 0.29) is 28.4 Å². The quantitative estimate of drug-likeness (QED) is 0.332. The number of rotatable bonds is 7. The van der Waals surface area contributed by atoms with Crippen molar-refractivity contribution in [3.8, 4) is 5.75 Å². The van der Waals surface area contributed by atoms with Gasteiger partial charge >= 0.3 is 5.69 Å². The van der Waals surface area contributed by atoms with E-state index in [0.717, 1.165) is 16.0 Å². The standard InChI is InChI=1S/C24H24N4O6S/c1-5-9-32-18-8-6-7-17(10-18)13-27-20-11-19-14(2)25-34-22(19)12-21(20)28(24(27)29)35(30,31)23-15(3)26-33-16(23)4/h6-8,10-12H,5,9,13H2,1-4H3. The Morgan fingerprint density at radius 2 is 1.77 bits per heavy atom. The summed E-state index contributed by atoms with van der Waals surface area (Å²) in [4.78, 5) is 13.6. The van der Waals surface area contributed by atoms with E-state index in [1.54, 1.807) is 13.0 Å². The highest BCUT2D eigenvalue weighted by molar-refractivity contribution is 7.90. The predicted molar refractivity (Wildman–Crippen MR) is 128 cm³/mol. The molecule has 0 aliphatic rings. The van der Waals surface area contributed by atoms with Crippen molar-refractivity contribution in [2.45, 2.75) is 45.6 Å². The Kier molecular flexibility index (Phi) is 5.51. The van der Waals surface area contributed by atoms with Crippen molar-refractivity contribution in [2.75, 3.05) is 6.61 Å². The van der Waals surface area contributed by atoms with E-state index in [1.807, 2.05) is 31.2 Å². The summed E-state index contributed by atoms with van der Waals surface area (Å²) in [5.41, 5.74) is 1.88. The van der Waals surface area contributed by atoms with Crippen LogP contribution >= 0.6 is 0 Å².